The molecule has 0 spiro atoms. The summed E-state index contributed by atoms with van der Waals surface area (Å²) in [4.78, 5) is 0. The van der Waals surface area contributed by atoms with E-state index in [9.17, 15) is 0 Å². The van der Waals surface area contributed by atoms with Gasteiger partial charge in [0.25, 0.3) is 0 Å². The van der Waals surface area contributed by atoms with Gasteiger partial charge in [-0.15, -0.1) is 0 Å². The summed E-state index contributed by atoms with van der Waals surface area (Å²) in [5, 5.41) is 3.59. The van der Waals surface area contributed by atoms with E-state index in [0.29, 0.717) is 6.04 Å². The van der Waals surface area contributed by atoms with Crippen molar-refractivity contribution in [3.05, 3.63) is 64.7 Å². The van der Waals surface area contributed by atoms with Crippen LogP contribution in [-0.2, 0) is 6.42 Å². The molecule has 0 aromatic heterocycles. The number of hydrogen-bond acceptors (Lipinski definition) is 1. The molecule has 1 heteroatoms. The number of anilines is 1. The zero-order valence-electron chi connectivity index (χ0n) is 13.7. The van der Waals surface area contributed by atoms with Gasteiger partial charge in [0, 0.05) is 11.7 Å². The Morgan fingerprint density at radius 2 is 1.67 bits per heavy atom. The molecule has 0 aliphatic carbocycles. The molecule has 0 bridgehead atoms. The highest BCUT2D eigenvalue weighted by Crippen LogP contribution is 2.22. The van der Waals surface area contributed by atoms with Crippen LogP contribution in [0.25, 0.3) is 0 Å². The topological polar surface area (TPSA) is 12.0 Å². The molecule has 2 rings (SSSR count). The van der Waals surface area contributed by atoms with Crippen LogP contribution in [0.2, 0.25) is 0 Å². The average Bonchev–Trinajstić information content (AvgIpc) is 2.49. The molecule has 0 amide bonds. The van der Waals surface area contributed by atoms with Crippen LogP contribution in [0.1, 0.15) is 55.0 Å². The molecule has 0 radical (unpaired) electrons. The lowest BCUT2D eigenvalue weighted by Crippen LogP contribution is -2.07. The summed E-state index contributed by atoms with van der Waals surface area (Å²) < 4.78 is 0. The number of unbranched alkanes of at least 4 members (excludes halogenated alkanes) is 1. The second kappa shape index (κ2) is 7.31. The molecule has 112 valence electrons. The fourth-order valence-electron chi connectivity index (χ4n) is 2.52. The van der Waals surface area contributed by atoms with Gasteiger partial charge in [-0.25, -0.2) is 0 Å². The molecule has 0 heterocycles. The van der Waals surface area contributed by atoms with Crippen molar-refractivity contribution in [2.24, 2.45) is 0 Å². The number of rotatable bonds is 6. The van der Waals surface area contributed by atoms with Crippen molar-refractivity contribution in [1.82, 2.24) is 0 Å². The monoisotopic (exact) mass is 281 g/mol. The minimum atomic E-state index is 0.325. The predicted octanol–water partition coefficient (Wildman–Crippen LogP) is 5.82. The molecule has 1 N–H and O–H groups in total. The molecule has 1 atom stereocenters. The third-order valence-corrected chi connectivity index (χ3v) is 4.19. The van der Waals surface area contributed by atoms with Gasteiger partial charge in [-0.1, -0.05) is 43.7 Å². The molecule has 0 saturated carbocycles. The SMILES string of the molecule is CCCCc1ccc(NC(C)c2ccc(C)c(C)c2)cc1. The Labute approximate surface area is 129 Å². The van der Waals surface area contributed by atoms with Crippen molar-refractivity contribution in [3.63, 3.8) is 0 Å². The van der Waals surface area contributed by atoms with Crippen LogP contribution in [0.15, 0.2) is 42.5 Å². The van der Waals surface area contributed by atoms with Gasteiger partial charge in [-0.2, -0.15) is 0 Å². The van der Waals surface area contributed by atoms with Crippen LogP contribution < -0.4 is 5.32 Å². The van der Waals surface area contributed by atoms with Crippen molar-refractivity contribution in [2.45, 2.75) is 53.0 Å². The van der Waals surface area contributed by atoms with Gasteiger partial charge in [0.15, 0.2) is 0 Å². The standard InChI is InChI=1S/C20H27N/c1-5-6-7-18-9-12-20(13-10-18)21-17(4)19-11-8-15(2)16(3)14-19/h8-14,17,21H,5-7H2,1-4H3. The summed E-state index contributed by atoms with van der Waals surface area (Å²) in [6.45, 7) is 8.79. The summed E-state index contributed by atoms with van der Waals surface area (Å²) in [6.07, 6.45) is 3.71. The molecule has 2 aromatic rings. The van der Waals surface area contributed by atoms with Crippen molar-refractivity contribution < 1.29 is 0 Å². The van der Waals surface area contributed by atoms with Crippen molar-refractivity contribution in [1.29, 1.82) is 0 Å². The Bertz CT molecular complexity index is 569. The largest absolute Gasteiger partial charge is 0.379 e. The lowest BCUT2D eigenvalue weighted by molar-refractivity contribution is 0.795. The maximum atomic E-state index is 3.59. The number of hydrogen-bond donors (Lipinski definition) is 1. The Kier molecular flexibility index (Phi) is 5.44. The van der Waals surface area contributed by atoms with Crippen LogP contribution >= 0.6 is 0 Å². The fraction of sp³-hybridized carbons (Fsp3) is 0.400. The molecule has 1 unspecified atom stereocenters. The maximum Gasteiger partial charge on any atom is 0.0485 e. The molecule has 0 saturated heterocycles. The molecule has 0 aliphatic heterocycles. The third kappa shape index (κ3) is 4.35. The second-order valence-corrected chi connectivity index (χ2v) is 6.01. The zero-order valence-corrected chi connectivity index (χ0v) is 13.7. The molecule has 0 fully saturated rings. The highest BCUT2D eigenvalue weighted by Gasteiger charge is 2.06. The van der Waals surface area contributed by atoms with Gasteiger partial charge in [0.05, 0.1) is 0 Å². The minimum absolute atomic E-state index is 0.325. The van der Waals surface area contributed by atoms with Crippen LogP contribution in [0.3, 0.4) is 0 Å². The van der Waals surface area contributed by atoms with Crippen molar-refractivity contribution in [3.8, 4) is 0 Å². The van der Waals surface area contributed by atoms with E-state index in [1.54, 1.807) is 0 Å². The van der Waals surface area contributed by atoms with Gasteiger partial charge < -0.3 is 5.32 Å². The van der Waals surface area contributed by atoms with E-state index >= 15 is 0 Å². The predicted molar refractivity (Wildman–Crippen MR) is 93.0 cm³/mol. The molecular formula is C20H27N. The van der Waals surface area contributed by atoms with Gasteiger partial charge in [-0.3, -0.25) is 0 Å². The van der Waals surface area contributed by atoms with E-state index < -0.39 is 0 Å². The average molecular weight is 281 g/mol. The van der Waals surface area contributed by atoms with Crippen LogP contribution in [0.5, 0.6) is 0 Å². The lowest BCUT2D eigenvalue weighted by Gasteiger charge is -2.17. The minimum Gasteiger partial charge on any atom is -0.379 e. The Hall–Kier alpha value is -1.76. The van der Waals surface area contributed by atoms with E-state index in [4.69, 9.17) is 0 Å². The van der Waals surface area contributed by atoms with E-state index in [0.717, 1.165) is 0 Å². The highest BCUT2D eigenvalue weighted by molar-refractivity contribution is 5.47. The molecule has 21 heavy (non-hydrogen) atoms. The van der Waals surface area contributed by atoms with Crippen LogP contribution in [-0.4, -0.2) is 0 Å². The zero-order chi connectivity index (χ0) is 15.2. The number of nitrogens with one attached hydrogen (secondary N) is 1. The summed E-state index contributed by atoms with van der Waals surface area (Å²) in [7, 11) is 0. The molecule has 1 nitrogen and oxygen atoms in total. The first-order valence-corrected chi connectivity index (χ1v) is 8.02. The maximum absolute atomic E-state index is 3.59. The Morgan fingerprint density at radius 3 is 2.29 bits per heavy atom. The van der Waals surface area contributed by atoms with Crippen molar-refractivity contribution in [2.75, 3.05) is 5.32 Å². The van der Waals surface area contributed by atoms with E-state index in [1.807, 2.05) is 0 Å². The molecule has 0 aliphatic rings. The summed E-state index contributed by atoms with van der Waals surface area (Å²) in [5.74, 6) is 0. The first kappa shape index (κ1) is 15.6. The van der Waals surface area contributed by atoms with Crippen LogP contribution in [0, 0.1) is 13.8 Å². The first-order valence-electron chi connectivity index (χ1n) is 8.02. The Morgan fingerprint density at radius 1 is 0.952 bits per heavy atom. The van der Waals surface area contributed by atoms with E-state index in [2.05, 4.69) is 75.5 Å². The van der Waals surface area contributed by atoms with Gasteiger partial charge >= 0.3 is 0 Å². The molecule has 2 aromatic carbocycles. The van der Waals surface area contributed by atoms with E-state index in [1.165, 1.54) is 47.2 Å². The van der Waals surface area contributed by atoms with Crippen LogP contribution in [0.4, 0.5) is 5.69 Å². The smallest absolute Gasteiger partial charge is 0.0485 e. The normalized spacial score (nSPS) is 12.2. The summed E-state index contributed by atoms with van der Waals surface area (Å²) in [6, 6.07) is 15.9. The second-order valence-electron chi connectivity index (χ2n) is 6.01. The fourth-order valence-corrected chi connectivity index (χ4v) is 2.52. The van der Waals surface area contributed by atoms with Crippen molar-refractivity contribution >= 4 is 5.69 Å². The van der Waals surface area contributed by atoms with E-state index in [-0.39, 0.29) is 0 Å². The number of benzene rings is 2. The van der Waals surface area contributed by atoms with Gasteiger partial charge in [0.2, 0.25) is 0 Å². The summed E-state index contributed by atoms with van der Waals surface area (Å²) in [5.41, 5.74) is 6.68. The number of aryl methyl sites for hydroxylation is 3. The third-order valence-electron chi connectivity index (χ3n) is 4.19. The quantitative estimate of drug-likeness (QED) is 0.703. The van der Waals surface area contributed by atoms with Gasteiger partial charge in [0.1, 0.15) is 0 Å². The van der Waals surface area contributed by atoms with Gasteiger partial charge in [-0.05, 0) is 68.0 Å². The molecular weight excluding hydrogens is 254 g/mol. The Balaban J connectivity index is 2.01. The lowest BCUT2D eigenvalue weighted by atomic mass is 10.0. The summed E-state index contributed by atoms with van der Waals surface area (Å²) >= 11 is 0. The highest BCUT2D eigenvalue weighted by atomic mass is 14.9. The first-order chi connectivity index (χ1) is 10.1.